The Kier molecular flexibility index (Phi) is 9.31. The molecule has 0 heterocycles. The molecular weight excluding hydrogens is 536 g/mol. The first-order chi connectivity index (χ1) is 19.7. The van der Waals surface area contributed by atoms with Gasteiger partial charge in [-0.15, -0.1) is 0 Å². The molecule has 4 aromatic rings. The predicted octanol–water partition coefficient (Wildman–Crippen LogP) is 5.55. The van der Waals surface area contributed by atoms with E-state index in [1.165, 1.54) is 12.1 Å². The molecule has 0 aliphatic rings. The molecule has 2 amide bonds. The Morgan fingerprint density at radius 3 is 2.20 bits per heavy atom. The number of carbonyl (C=O) groups excluding carboxylic acids is 2. The normalized spacial score (nSPS) is 11.5. The number of sulfonamides is 1. The summed E-state index contributed by atoms with van der Waals surface area (Å²) in [4.78, 5) is 25.7. The van der Waals surface area contributed by atoms with Gasteiger partial charge in [-0.25, -0.2) is 13.8 Å². The number of rotatable bonds is 10. The number of hydrogen-bond donors (Lipinski definition) is 2. The van der Waals surface area contributed by atoms with E-state index in [0.29, 0.717) is 34.6 Å². The summed E-state index contributed by atoms with van der Waals surface area (Å²) < 4.78 is 28.5. The van der Waals surface area contributed by atoms with Crippen molar-refractivity contribution in [2.75, 3.05) is 16.2 Å². The highest BCUT2D eigenvalue weighted by molar-refractivity contribution is 7.92. The van der Waals surface area contributed by atoms with Gasteiger partial charge < -0.3 is 5.32 Å². The number of nitrogens with one attached hydrogen (secondary N) is 2. The summed E-state index contributed by atoms with van der Waals surface area (Å²) in [6.45, 7) is 5.06. The van der Waals surface area contributed by atoms with Crippen LogP contribution in [0.2, 0.25) is 0 Å². The van der Waals surface area contributed by atoms with E-state index in [4.69, 9.17) is 0 Å². The van der Waals surface area contributed by atoms with Gasteiger partial charge in [0, 0.05) is 11.3 Å². The van der Waals surface area contributed by atoms with E-state index in [1.54, 1.807) is 79.7 Å². The van der Waals surface area contributed by atoms with Crippen molar-refractivity contribution in [1.29, 1.82) is 0 Å². The zero-order valence-corrected chi connectivity index (χ0v) is 24.0. The van der Waals surface area contributed by atoms with Gasteiger partial charge in [-0.05, 0) is 73.9 Å². The Hall–Kier alpha value is -4.76. The number of amides is 2. The lowest BCUT2D eigenvalue weighted by Gasteiger charge is -2.26. The zero-order chi connectivity index (χ0) is 29.4. The van der Waals surface area contributed by atoms with E-state index in [9.17, 15) is 18.0 Å². The van der Waals surface area contributed by atoms with Crippen molar-refractivity contribution >= 4 is 38.9 Å². The largest absolute Gasteiger partial charge is 0.322 e. The highest BCUT2D eigenvalue weighted by Crippen LogP contribution is 2.27. The molecule has 0 saturated carbocycles. The predicted molar refractivity (Wildman–Crippen MR) is 163 cm³/mol. The molecule has 0 aliphatic heterocycles. The Morgan fingerprint density at radius 2 is 1.49 bits per heavy atom. The third kappa shape index (κ3) is 7.26. The summed E-state index contributed by atoms with van der Waals surface area (Å²) in [6, 6.07) is 29.6. The van der Waals surface area contributed by atoms with E-state index >= 15 is 0 Å². The van der Waals surface area contributed by atoms with Gasteiger partial charge in [0.05, 0.1) is 16.3 Å². The fourth-order valence-corrected chi connectivity index (χ4v) is 5.64. The number of aryl methyl sites for hydroxylation is 2. The van der Waals surface area contributed by atoms with Crippen LogP contribution in [0.15, 0.2) is 113 Å². The van der Waals surface area contributed by atoms with Crippen LogP contribution < -0.4 is 15.0 Å². The number of benzene rings is 4. The van der Waals surface area contributed by atoms with E-state index in [-0.39, 0.29) is 10.8 Å². The van der Waals surface area contributed by atoms with Crippen LogP contribution in [0.3, 0.4) is 0 Å². The molecule has 0 bridgehead atoms. The number of hydrazone groups is 1. The summed E-state index contributed by atoms with van der Waals surface area (Å²) in [6.07, 6.45) is 0.589. The van der Waals surface area contributed by atoms with Crippen LogP contribution in [0.4, 0.5) is 11.4 Å². The van der Waals surface area contributed by atoms with E-state index in [1.807, 2.05) is 32.0 Å². The first-order valence-electron chi connectivity index (χ1n) is 13.2. The van der Waals surface area contributed by atoms with Crippen LogP contribution in [0.25, 0.3) is 0 Å². The standard InChI is InChI=1S/C32H32N4O4S/c1-4-25-11-8-9-16-30(25)36(41(39,40)29-19-17-23(2)18-20-29)22-31(37)35-34-24(3)27-14-10-15-28(21-27)33-32(38)26-12-6-5-7-13-26/h5-21H,4,22H2,1-3H3,(H,33,38)(H,35,37)/b34-24-. The lowest BCUT2D eigenvalue weighted by Crippen LogP contribution is -2.40. The third-order valence-electron chi connectivity index (χ3n) is 6.46. The molecule has 0 saturated heterocycles. The van der Waals surface area contributed by atoms with Gasteiger partial charge in [0.2, 0.25) is 0 Å². The molecule has 0 unspecified atom stereocenters. The molecule has 9 heteroatoms. The maximum atomic E-state index is 13.7. The second-order valence-corrected chi connectivity index (χ2v) is 11.3. The molecule has 210 valence electrons. The number of hydrogen-bond acceptors (Lipinski definition) is 5. The quantitative estimate of drug-likeness (QED) is 0.193. The van der Waals surface area contributed by atoms with Gasteiger partial charge in [-0.1, -0.05) is 73.2 Å². The van der Waals surface area contributed by atoms with Gasteiger partial charge in [0.25, 0.3) is 21.8 Å². The molecule has 8 nitrogen and oxygen atoms in total. The fraction of sp³-hybridized carbons (Fsp3) is 0.156. The Labute approximate surface area is 240 Å². The number of carbonyl (C=O) groups is 2. The molecule has 0 aromatic heterocycles. The molecule has 4 aromatic carbocycles. The van der Waals surface area contributed by atoms with Gasteiger partial charge in [0.15, 0.2) is 0 Å². The molecular formula is C32H32N4O4S. The maximum absolute atomic E-state index is 13.7. The fourth-order valence-electron chi connectivity index (χ4n) is 4.18. The first-order valence-corrected chi connectivity index (χ1v) is 14.6. The van der Waals surface area contributed by atoms with Crippen LogP contribution in [0, 0.1) is 6.92 Å². The molecule has 41 heavy (non-hydrogen) atoms. The molecule has 0 fully saturated rings. The Balaban J connectivity index is 1.53. The highest BCUT2D eigenvalue weighted by Gasteiger charge is 2.28. The van der Waals surface area contributed by atoms with Crippen molar-refractivity contribution in [3.05, 3.63) is 125 Å². The van der Waals surface area contributed by atoms with E-state index in [2.05, 4.69) is 15.8 Å². The topological polar surface area (TPSA) is 108 Å². The monoisotopic (exact) mass is 568 g/mol. The molecule has 2 N–H and O–H groups in total. The summed E-state index contributed by atoms with van der Waals surface area (Å²) >= 11 is 0. The second kappa shape index (κ2) is 13.1. The Morgan fingerprint density at radius 1 is 0.829 bits per heavy atom. The number of nitrogens with zero attached hydrogens (tertiary/aromatic N) is 2. The first kappa shape index (κ1) is 29.2. The smallest absolute Gasteiger partial charge is 0.264 e. The van der Waals surface area contributed by atoms with Crippen molar-refractivity contribution < 1.29 is 18.0 Å². The van der Waals surface area contributed by atoms with Crippen LogP contribution in [-0.2, 0) is 21.2 Å². The average Bonchev–Trinajstić information content (AvgIpc) is 2.99. The van der Waals surface area contributed by atoms with Crippen molar-refractivity contribution in [1.82, 2.24) is 5.43 Å². The number of anilines is 2. The summed E-state index contributed by atoms with van der Waals surface area (Å²) in [5.74, 6) is -0.840. The molecule has 4 rings (SSSR count). The van der Waals surface area contributed by atoms with Crippen molar-refractivity contribution in [3.8, 4) is 0 Å². The van der Waals surface area contributed by atoms with Gasteiger partial charge >= 0.3 is 0 Å². The van der Waals surface area contributed by atoms with Crippen molar-refractivity contribution in [2.45, 2.75) is 32.1 Å². The molecule has 0 radical (unpaired) electrons. The van der Waals surface area contributed by atoms with Crippen LogP contribution >= 0.6 is 0 Å². The lowest BCUT2D eigenvalue weighted by atomic mass is 10.1. The minimum absolute atomic E-state index is 0.0934. The van der Waals surface area contributed by atoms with Crippen LogP contribution in [0.5, 0.6) is 0 Å². The zero-order valence-electron chi connectivity index (χ0n) is 23.2. The van der Waals surface area contributed by atoms with Gasteiger partial charge in [-0.2, -0.15) is 5.10 Å². The summed E-state index contributed by atoms with van der Waals surface area (Å²) in [5, 5.41) is 7.07. The SMILES string of the molecule is CCc1ccccc1N(CC(=O)N/N=C(/C)c1cccc(NC(=O)c2ccccc2)c1)S(=O)(=O)c1ccc(C)cc1. The highest BCUT2D eigenvalue weighted by atomic mass is 32.2. The van der Waals surface area contributed by atoms with E-state index < -0.39 is 22.5 Å². The maximum Gasteiger partial charge on any atom is 0.264 e. The van der Waals surface area contributed by atoms with Crippen LogP contribution in [0.1, 0.15) is 40.9 Å². The molecule has 0 atom stereocenters. The lowest BCUT2D eigenvalue weighted by molar-refractivity contribution is -0.119. The number of para-hydroxylation sites is 1. The van der Waals surface area contributed by atoms with E-state index in [0.717, 1.165) is 15.4 Å². The summed E-state index contributed by atoms with van der Waals surface area (Å²) in [5.41, 5.74) is 6.92. The van der Waals surface area contributed by atoms with Crippen molar-refractivity contribution in [3.63, 3.8) is 0 Å². The summed E-state index contributed by atoms with van der Waals surface area (Å²) in [7, 11) is -4.05. The Bertz CT molecular complexity index is 1670. The third-order valence-corrected chi connectivity index (χ3v) is 8.23. The van der Waals surface area contributed by atoms with Gasteiger partial charge in [-0.3, -0.25) is 13.9 Å². The molecule has 0 aliphatic carbocycles. The molecule has 0 spiro atoms. The van der Waals surface area contributed by atoms with Crippen LogP contribution in [-0.4, -0.2) is 32.5 Å². The van der Waals surface area contributed by atoms with Crippen molar-refractivity contribution in [2.24, 2.45) is 5.10 Å². The minimum Gasteiger partial charge on any atom is -0.322 e. The second-order valence-electron chi connectivity index (χ2n) is 9.44. The average molecular weight is 569 g/mol. The van der Waals surface area contributed by atoms with Gasteiger partial charge in [0.1, 0.15) is 6.54 Å². The minimum atomic E-state index is -4.05.